The zero-order chi connectivity index (χ0) is 14.7. The number of halogens is 1. The molecule has 0 spiro atoms. The van der Waals surface area contributed by atoms with E-state index >= 15 is 0 Å². The van der Waals surface area contributed by atoms with E-state index in [1.165, 1.54) is 4.90 Å². The molecule has 2 N–H and O–H groups in total. The molecule has 1 fully saturated rings. The van der Waals surface area contributed by atoms with Gasteiger partial charge in [0.25, 0.3) is 0 Å². The molecule has 0 bridgehead atoms. The monoisotopic (exact) mass is 296 g/mol. The molecule has 0 heterocycles. The largest absolute Gasteiger partial charge is 0.480 e. The molecule has 1 aliphatic carbocycles. The Kier molecular flexibility index (Phi) is 4.49. The van der Waals surface area contributed by atoms with Crippen molar-refractivity contribution < 1.29 is 14.7 Å². The topological polar surface area (TPSA) is 69.6 Å². The number of hydrogen-bond acceptors (Lipinski definition) is 2. The maximum absolute atomic E-state index is 12.3. The van der Waals surface area contributed by atoms with E-state index in [1.54, 1.807) is 31.2 Å². The van der Waals surface area contributed by atoms with Gasteiger partial charge in [-0.25, -0.2) is 9.59 Å². The minimum Gasteiger partial charge on any atom is -0.480 e. The van der Waals surface area contributed by atoms with E-state index in [2.05, 4.69) is 5.32 Å². The summed E-state index contributed by atoms with van der Waals surface area (Å²) >= 11 is 5.99. The number of carboxylic acid groups (broad SMARTS) is 1. The lowest BCUT2D eigenvalue weighted by atomic mass is 10.2. The summed E-state index contributed by atoms with van der Waals surface area (Å²) in [6.45, 7) is 1.76. The second kappa shape index (κ2) is 6.13. The number of rotatable bonds is 5. The van der Waals surface area contributed by atoms with Crippen LogP contribution in [0.15, 0.2) is 24.3 Å². The standard InChI is InChI=1S/C14H17ClN2O3/c1-2-12(13(18)19)17(9-7-8-9)14(20)16-11-6-4-3-5-10(11)15/h3-6,9,12H,2,7-8H2,1H3,(H,16,20)(H,18,19)/t12-/m1/s1. The summed E-state index contributed by atoms with van der Waals surface area (Å²) in [4.78, 5) is 25.0. The number of amides is 2. The van der Waals surface area contributed by atoms with E-state index in [9.17, 15) is 14.7 Å². The van der Waals surface area contributed by atoms with Crippen LogP contribution in [0.1, 0.15) is 26.2 Å². The Labute approximate surface area is 122 Å². The molecule has 2 rings (SSSR count). The van der Waals surface area contributed by atoms with Gasteiger partial charge in [0.05, 0.1) is 10.7 Å². The van der Waals surface area contributed by atoms with Gasteiger partial charge in [-0.3, -0.25) is 0 Å². The molecule has 1 saturated carbocycles. The average Bonchev–Trinajstić information content (AvgIpc) is 3.22. The number of anilines is 1. The summed E-state index contributed by atoms with van der Waals surface area (Å²) in [5, 5.41) is 12.4. The van der Waals surface area contributed by atoms with E-state index in [0.29, 0.717) is 17.1 Å². The van der Waals surface area contributed by atoms with Crippen molar-refractivity contribution in [3.8, 4) is 0 Å². The Morgan fingerprint density at radius 3 is 2.60 bits per heavy atom. The Balaban J connectivity index is 2.16. The number of urea groups is 1. The van der Waals surface area contributed by atoms with E-state index < -0.39 is 18.0 Å². The highest BCUT2D eigenvalue weighted by molar-refractivity contribution is 6.33. The van der Waals surface area contributed by atoms with Gasteiger partial charge < -0.3 is 15.3 Å². The predicted octanol–water partition coefficient (Wildman–Crippen LogP) is 3.20. The van der Waals surface area contributed by atoms with Gasteiger partial charge in [0.15, 0.2) is 0 Å². The van der Waals surface area contributed by atoms with Crippen molar-refractivity contribution in [2.45, 2.75) is 38.3 Å². The lowest BCUT2D eigenvalue weighted by Crippen LogP contribution is -2.48. The molecule has 6 heteroatoms. The zero-order valence-electron chi connectivity index (χ0n) is 11.2. The van der Waals surface area contributed by atoms with E-state index in [-0.39, 0.29) is 6.04 Å². The van der Waals surface area contributed by atoms with Crippen LogP contribution in [0.3, 0.4) is 0 Å². The minimum atomic E-state index is -0.978. The second-order valence-corrected chi connectivity index (χ2v) is 5.22. The predicted molar refractivity (Wildman–Crippen MR) is 77.0 cm³/mol. The fourth-order valence-corrected chi connectivity index (χ4v) is 2.33. The molecule has 2 amide bonds. The molecule has 108 valence electrons. The van der Waals surface area contributed by atoms with Crippen molar-refractivity contribution in [2.24, 2.45) is 0 Å². The molecule has 20 heavy (non-hydrogen) atoms. The number of aliphatic carboxylic acids is 1. The molecule has 1 aliphatic rings. The van der Waals surface area contributed by atoms with E-state index in [4.69, 9.17) is 11.6 Å². The maximum atomic E-state index is 12.3. The number of nitrogens with one attached hydrogen (secondary N) is 1. The molecule has 0 aliphatic heterocycles. The first-order valence-corrected chi connectivity index (χ1v) is 6.99. The summed E-state index contributed by atoms with van der Waals surface area (Å²) in [7, 11) is 0. The average molecular weight is 297 g/mol. The number of carbonyl (C=O) groups excluding carboxylic acids is 1. The highest BCUT2D eigenvalue weighted by Crippen LogP contribution is 2.31. The minimum absolute atomic E-state index is 0.0125. The van der Waals surface area contributed by atoms with Crippen LogP contribution in [0.4, 0.5) is 10.5 Å². The highest BCUT2D eigenvalue weighted by atomic mass is 35.5. The van der Waals surface area contributed by atoms with Crippen molar-refractivity contribution in [3.63, 3.8) is 0 Å². The fraction of sp³-hybridized carbons (Fsp3) is 0.429. The normalized spacial score (nSPS) is 15.5. The molecular formula is C14H17ClN2O3. The van der Waals surface area contributed by atoms with Crippen LogP contribution in [0.2, 0.25) is 5.02 Å². The smallest absolute Gasteiger partial charge is 0.326 e. The molecule has 1 atom stereocenters. The first-order valence-electron chi connectivity index (χ1n) is 6.61. The number of benzene rings is 1. The van der Waals surface area contributed by atoms with Crippen LogP contribution < -0.4 is 5.32 Å². The molecule has 1 aromatic carbocycles. The van der Waals surface area contributed by atoms with Crippen molar-refractivity contribution in [1.29, 1.82) is 0 Å². The molecule has 0 aromatic heterocycles. The van der Waals surface area contributed by atoms with Crippen LogP contribution in [-0.2, 0) is 4.79 Å². The van der Waals surface area contributed by atoms with Crippen LogP contribution in [0.25, 0.3) is 0 Å². The fourth-order valence-electron chi connectivity index (χ4n) is 2.15. The molecule has 5 nitrogen and oxygen atoms in total. The van der Waals surface area contributed by atoms with Gasteiger partial charge in [-0.1, -0.05) is 30.7 Å². The van der Waals surface area contributed by atoms with Gasteiger partial charge in [0.1, 0.15) is 6.04 Å². The van der Waals surface area contributed by atoms with Crippen LogP contribution >= 0.6 is 11.6 Å². The third-order valence-corrected chi connectivity index (χ3v) is 3.63. The quantitative estimate of drug-likeness (QED) is 0.876. The number of carboxylic acids is 1. The summed E-state index contributed by atoms with van der Waals surface area (Å²) in [6.07, 6.45) is 2.07. The Morgan fingerprint density at radius 2 is 2.10 bits per heavy atom. The van der Waals surface area contributed by atoms with E-state index in [1.807, 2.05) is 0 Å². The van der Waals surface area contributed by atoms with Crippen molar-refractivity contribution >= 4 is 29.3 Å². The van der Waals surface area contributed by atoms with Crippen molar-refractivity contribution in [3.05, 3.63) is 29.3 Å². The molecule has 0 saturated heterocycles. The van der Waals surface area contributed by atoms with Crippen molar-refractivity contribution in [2.75, 3.05) is 5.32 Å². The number of carbonyl (C=O) groups is 2. The number of hydrogen-bond donors (Lipinski definition) is 2. The second-order valence-electron chi connectivity index (χ2n) is 4.81. The van der Waals surface area contributed by atoms with Crippen LogP contribution in [0, 0.1) is 0 Å². The zero-order valence-corrected chi connectivity index (χ0v) is 11.9. The summed E-state index contributed by atoms with van der Waals surface area (Å²) in [5.74, 6) is -0.978. The number of para-hydroxylation sites is 1. The summed E-state index contributed by atoms with van der Waals surface area (Å²) in [5.41, 5.74) is 0.491. The summed E-state index contributed by atoms with van der Waals surface area (Å²) < 4.78 is 0. The van der Waals surface area contributed by atoms with Crippen LogP contribution in [0.5, 0.6) is 0 Å². The van der Waals surface area contributed by atoms with Gasteiger partial charge in [0, 0.05) is 6.04 Å². The van der Waals surface area contributed by atoms with Gasteiger partial charge >= 0.3 is 12.0 Å². The molecule has 0 radical (unpaired) electrons. The molecule has 1 aromatic rings. The van der Waals surface area contributed by atoms with Gasteiger partial charge in [-0.2, -0.15) is 0 Å². The SMILES string of the molecule is CC[C@H](C(=O)O)N(C(=O)Nc1ccccc1Cl)C1CC1. The Bertz CT molecular complexity index is 517. The van der Waals surface area contributed by atoms with Gasteiger partial charge in [-0.05, 0) is 31.4 Å². The van der Waals surface area contributed by atoms with Gasteiger partial charge in [0.2, 0.25) is 0 Å². The third kappa shape index (κ3) is 3.22. The van der Waals surface area contributed by atoms with Crippen molar-refractivity contribution in [1.82, 2.24) is 4.90 Å². The lowest BCUT2D eigenvalue weighted by molar-refractivity contribution is -0.142. The Morgan fingerprint density at radius 1 is 1.45 bits per heavy atom. The maximum Gasteiger partial charge on any atom is 0.326 e. The molecule has 0 unspecified atom stereocenters. The number of nitrogens with zero attached hydrogens (tertiary/aromatic N) is 1. The Hall–Kier alpha value is -1.75. The highest BCUT2D eigenvalue weighted by Gasteiger charge is 2.39. The molecular weight excluding hydrogens is 280 g/mol. The third-order valence-electron chi connectivity index (χ3n) is 3.30. The first kappa shape index (κ1) is 14.7. The van der Waals surface area contributed by atoms with Crippen LogP contribution in [-0.4, -0.2) is 34.1 Å². The van der Waals surface area contributed by atoms with Gasteiger partial charge in [-0.15, -0.1) is 0 Å². The van der Waals surface area contributed by atoms with E-state index in [0.717, 1.165) is 12.8 Å². The lowest BCUT2D eigenvalue weighted by Gasteiger charge is -2.28. The summed E-state index contributed by atoms with van der Waals surface area (Å²) in [6, 6.07) is 5.69. The first-order chi connectivity index (χ1) is 9.54.